The van der Waals surface area contributed by atoms with Crippen LogP contribution in [0.2, 0.25) is 0 Å². The zero-order valence-electron chi connectivity index (χ0n) is 10.8. The lowest BCUT2D eigenvalue weighted by molar-refractivity contribution is -0.137. The minimum Gasteiger partial charge on any atom is -0.481 e. The molecule has 20 heavy (non-hydrogen) atoms. The third kappa shape index (κ3) is 6.53. The number of hydrogen-bond donors (Lipinski definition) is 4. The van der Waals surface area contributed by atoms with Crippen LogP contribution in [0.25, 0.3) is 0 Å². The van der Waals surface area contributed by atoms with Gasteiger partial charge in [-0.15, -0.1) is 0 Å². The summed E-state index contributed by atoms with van der Waals surface area (Å²) in [4.78, 5) is 21.7. The number of halogens is 1. The molecule has 0 saturated heterocycles. The highest BCUT2D eigenvalue weighted by molar-refractivity contribution is 9.10. The number of aliphatic carboxylic acids is 1. The molecule has 0 aliphatic rings. The number of carbonyl (C=O) groups excluding carboxylic acids is 1. The van der Waals surface area contributed by atoms with E-state index >= 15 is 0 Å². The summed E-state index contributed by atoms with van der Waals surface area (Å²) in [5, 5.41) is 23.4. The molecular weight excluding hydrogens is 328 g/mol. The maximum atomic E-state index is 11.4. The van der Waals surface area contributed by atoms with Gasteiger partial charge in [0.15, 0.2) is 0 Å². The number of carbonyl (C=O) groups is 2. The van der Waals surface area contributed by atoms with Gasteiger partial charge in [0.2, 0.25) is 0 Å². The zero-order chi connectivity index (χ0) is 15.0. The Balaban J connectivity index is 2.25. The topological polar surface area (TPSA) is 98.7 Å². The molecule has 110 valence electrons. The predicted molar refractivity (Wildman–Crippen MR) is 77.4 cm³/mol. The van der Waals surface area contributed by atoms with Crippen LogP contribution < -0.4 is 10.6 Å². The van der Waals surface area contributed by atoms with Crippen LogP contribution in [0, 0.1) is 0 Å². The molecule has 0 heterocycles. The zero-order valence-corrected chi connectivity index (χ0v) is 12.4. The Hall–Kier alpha value is -1.60. The Bertz CT molecular complexity index is 467. The van der Waals surface area contributed by atoms with E-state index in [0.29, 0.717) is 12.0 Å². The molecule has 1 atom stereocenters. The van der Waals surface area contributed by atoms with E-state index in [1.165, 1.54) is 0 Å². The molecule has 2 amide bonds. The number of rotatable bonds is 7. The molecular formula is C13H17BrN2O4. The highest BCUT2D eigenvalue weighted by Gasteiger charge is 2.09. The second-order valence-corrected chi connectivity index (χ2v) is 5.12. The van der Waals surface area contributed by atoms with E-state index < -0.39 is 18.1 Å². The molecule has 0 unspecified atom stereocenters. The monoisotopic (exact) mass is 344 g/mol. The maximum absolute atomic E-state index is 11.4. The van der Waals surface area contributed by atoms with E-state index in [4.69, 9.17) is 5.11 Å². The molecule has 0 radical (unpaired) electrons. The van der Waals surface area contributed by atoms with Crippen molar-refractivity contribution in [1.82, 2.24) is 10.6 Å². The van der Waals surface area contributed by atoms with Gasteiger partial charge in [0.05, 0.1) is 6.10 Å². The maximum Gasteiger partial charge on any atom is 0.314 e. The first-order valence-corrected chi connectivity index (χ1v) is 6.95. The summed E-state index contributed by atoms with van der Waals surface area (Å²) >= 11 is 3.31. The summed E-state index contributed by atoms with van der Waals surface area (Å²) in [7, 11) is 0. The molecule has 1 aromatic carbocycles. The number of nitrogens with one attached hydrogen (secondary N) is 2. The molecule has 0 bridgehead atoms. The Morgan fingerprint density at radius 2 is 2.05 bits per heavy atom. The van der Waals surface area contributed by atoms with Crippen molar-refractivity contribution in [2.45, 2.75) is 18.9 Å². The normalized spacial score (nSPS) is 11.7. The Morgan fingerprint density at radius 3 is 2.70 bits per heavy atom. The Kier molecular flexibility index (Phi) is 7.03. The van der Waals surface area contributed by atoms with Gasteiger partial charge in [0, 0.05) is 24.0 Å². The van der Waals surface area contributed by atoms with Crippen LogP contribution in [0.5, 0.6) is 0 Å². The van der Waals surface area contributed by atoms with Crippen LogP contribution in [0.4, 0.5) is 4.79 Å². The first-order chi connectivity index (χ1) is 9.49. The lowest BCUT2D eigenvalue weighted by Gasteiger charge is -2.13. The molecule has 0 spiro atoms. The van der Waals surface area contributed by atoms with E-state index in [0.717, 1.165) is 4.47 Å². The van der Waals surface area contributed by atoms with Crippen LogP contribution in [-0.2, 0) is 4.79 Å². The minimum atomic E-state index is -0.891. The van der Waals surface area contributed by atoms with Crippen LogP contribution in [0.3, 0.4) is 0 Å². The average Bonchev–Trinajstić information content (AvgIpc) is 2.40. The molecule has 1 aromatic rings. The highest BCUT2D eigenvalue weighted by Crippen LogP contribution is 2.17. The highest BCUT2D eigenvalue weighted by atomic mass is 79.9. The van der Waals surface area contributed by atoms with Gasteiger partial charge in [-0.1, -0.05) is 28.1 Å². The molecule has 0 aliphatic heterocycles. The van der Waals surface area contributed by atoms with Gasteiger partial charge in [-0.2, -0.15) is 0 Å². The third-order valence-corrected chi connectivity index (χ3v) is 3.04. The van der Waals surface area contributed by atoms with Gasteiger partial charge in [0.1, 0.15) is 0 Å². The van der Waals surface area contributed by atoms with Crippen molar-refractivity contribution in [2.75, 3.05) is 13.1 Å². The largest absolute Gasteiger partial charge is 0.481 e. The second-order valence-electron chi connectivity index (χ2n) is 4.20. The molecule has 0 aliphatic carbocycles. The average molecular weight is 345 g/mol. The van der Waals surface area contributed by atoms with Crippen LogP contribution in [0.1, 0.15) is 24.5 Å². The number of amides is 2. The minimum absolute atomic E-state index is 0.0148. The van der Waals surface area contributed by atoms with Gasteiger partial charge in [-0.25, -0.2) is 4.79 Å². The fraction of sp³-hybridized carbons (Fsp3) is 0.385. The number of aliphatic hydroxyl groups is 1. The number of carboxylic acids is 1. The van der Waals surface area contributed by atoms with Gasteiger partial charge >= 0.3 is 12.0 Å². The smallest absolute Gasteiger partial charge is 0.314 e. The summed E-state index contributed by atoms with van der Waals surface area (Å²) in [6, 6.07) is 6.76. The molecule has 0 aromatic heterocycles. The fourth-order valence-corrected chi connectivity index (χ4v) is 1.94. The molecule has 0 fully saturated rings. The van der Waals surface area contributed by atoms with E-state index in [1.54, 1.807) is 18.2 Å². The van der Waals surface area contributed by atoms with Gasteiger partial charge in [-0.3, -0.25) is 4.79 Å². The summed E-state index contributed by atoms with van der Waals surface area (Å²) in [5.41, 5.74) is 0.700. The second kappa shape index (κ2) is 8.55. The summed E-state index contributed by atoms with van der Waals surface area (Å²) in [6.07, 6.45) is -0.407. The van der Waals surface area contributed by atoms with Crippen molar-refractivity contribution in [3.05, 3.63) is 34.3 Å². The number of urea groups is 1. The van der Waals surface area contributed by atoms with E-state index in [9.17, 15) is 14.7 Å². The van der Waals surface area contributed by atoms with Gasteiger partial charge in [0.25, 0.3) is 0 Å². The number of aliphatic hydroxyl groups excluding tert-OH is 1. The van der Waals surface area contributed by atoms with E-state index in [1.807, 2.05) is 6.07 Å². The van der Waals surface area contributed by atoms with Crippen molar-refractivity contribution >= 4 is 27.9 Å². The van der Waals surface area contributed by atoms with Crippen molar-refractivity contribution in [2.24, 2.45) is 0 Å². The van der Waals surface area contributed by atoms with Crippen molar-refractivity contribution in [3.8, 4) is 0 Å². The summed E-state index contributed by atoms with van der Waals surface area (Å²) in [5.74, 6) is -0.891. The van der Waals surface area contributed by atoms with Gasteiger partial charge in [-0.05, 0) is 24.1 Å². The molecule has 7 heteroatoms. The van der Waals surface area contributed by atoms with Crippen LogP contribution >= 0.6 is 15.9 Å². The molecule has 6 nitrogen and oxygen atoms in total. The first-order valence-electron chi connectivity index (χ1n) is 6.16. The lowest BCUT2D eigenvalue weighted by Crippen LogP contribution is -2.38. The molecule has 0 saturated carbocycles. The summed E-state index contributed by atoms with van der Waals surface area (Å²) < 4.78 is 0.854. The Morgan fingerprint density at radius 1 is 1.30 bits per heavy atom. The number of benzene rings is 1. The van der Waals surface area contributed by atoms with E-state index in [-0.39, 0.29) is 19.5 Å². The lowest BCUT2D eigenvalue weighted by atomic mass is 10.1. The summed E-state index contributed by atoms with van der Waals surface area (Å²) in [6.45, 7) is 0.367. The van der Waals surface area contributed by atoms with Crippen LogP contribution in [-0.4, -0.2) is 35.3 Å². The van der Waals surface area contributed by atoms with Crippen molar-refractivity contribution in [1.29, 1.82) is 0 Å². The number of carboxylic acid groups (broad SMARTS) is 1. The fourth-order valence-electron chi connectivity index (χ4n) is 1.53. The van der Waals surface area contributed by atoms with Crippen molar-refractivity contribution < 1.29 is 19.8 Å². The standard InChI is InChI=1S/C13H17BrN2O4/c14-10-4-1-3-9(7-10)11(17)8-16-13(20)15-6-2-5-12(18)19/h1,3-4,7,11,17H,2,5-6,8H2,(H,18,19)(H2,15,16,20)/t11-/m1/s1. The molecule has 1 rings (SSSR count). The third-order valence-electron chi connectivity index (χ3n) is 2.54. The first kappa shape index (κ1) is 16.5. The quantitative estimate of drug-likeness (QED) is 0.565. The number of hydrogen-bond acceptors (Lipinski definition) is 3. The van der Waals surface area contributed by atoms with E-state index in [2.05, 4.69) is 26.6 Å². The van der Waals surface area contributed by atoms with Gasteiger partial charge < -0.3 is 20.8 Å². The van der Waals surface area contributed by atoms with Crippen molar-refractivity contribution in [3.63, 3.8) is 0 Å². The predicted octanol–water partition coefficient (Wildman–Crippen LogP) is 1.65. The van der Waals surface area contributed by atoms with Crippen LogP contribution in [0.15, 0.2) is 28.7 Å². The molecule has 4 N–H and O–H groups in total. The Labute approximate surface area is 125 Å². The SMILES string of the molecule is O=C(O)CCCNC(=O)NC[C@@H](O)c1cccc(Br)c1.